The predicted molar refractivity (Wildman–Crippen MR) is 156 cm³/mol. The first kappa shape index (κ1) is 26.9. The summed E-state index contributed by atoms with van der Waals surface area (Å²) in [5.74, 6) is 1.08. The van der Waals surface area contributed by atoms with Crippen molar-refractivity contribution in [3.05, 3.63) is 77.2 Å². The highest BCUT2D eigenvalue weighted by Gasteiger charge is 2.46. The lowest BCUT2D eigenvalue weighted by Gasteiger charge is -2.37. The van der Waals surface area contributed by atoms with Gasteiger partial charge in [0, 0.05) is 46.1 Å². The standard InChI is InChI=1S/C31H35N5O5/c1-30(2,3)26-15-27(35-41-26)34-29(39)32-19-7-9-23-18(13-19)14-24(40-23)28(38)21-16-31(4)20(17-36-11-5-6-12-36)22(37)8-10-25(31)33-21/h7-10,13-16,20,33,37H,5-6,11-12,17H2,1-4H3,(H2,32,34,35,39). The Morgan fingerprint density at radius 3 is 2.66 bits per heavy atom. The van der Waals surface area contributed by atoms with Crippen molar-refractivity contribution in [3.8, 4) is 0 Å². The quantitative estimate of drug-likeness (QED) is 0.268. The molecule has 3 aliphatic rings. The number of amides is 2. The van der Waals surface area contributed by atoms with Gasteiger partial charge in [0.15, 0.2) is 11.6 Å². The molecule has 1 fully saturated rings. The number of Topliss-reactive ketones (excluding diaryl/α,β-unsaturated/α-hetero) is 1. The largest absolute Gasteiger partial charge is 0.512 e. The number of carbonyl (C=O) groups is 2. The average molecular weight is 558 g/mol. The third kappa shape index (κ3) is 5.15. The smallest absolute Gasteiger partial charge is 0.324 e. The van der Waals surface area contributed by atoms with Crippen LogP contribution in [0.1, 0.15) is 56.9 Å². The van der Waals surface area contributed by atoms with Crippen molar-refractivity contribution < 1.29 is 23.6 Å². The molecule has 1 aliphatic carbocycles. The van der Waals surface area contributed by atoms with E-state index in [-0.39, 0.29) is 22.9 Å². The van der Waals surface area contributed by atoms with Crippen LogP contribution in [0.25, 0.3) is 11.0 Å². The molecule has 4 heterocycles. The van der Waals surface area contributed by atoms with E-state index in [1.165, 1.54) is 12.8 Å². The molecule has 3 aromatic rings. The van der Waals surface area contributed by atoms with Crippen LogP contribution in [0.4, 0.5) is 16.3 Å². The van der Waals surface area contributed by atoms with E-state index in [2.05, 4.69) is 32.9 Å². The summed E-state index contributed by atoms with van der Waals surface area (Å²) >= 11 is 0. The SMILES string of the molecule is CC(C)(C)c1cc(NC(=O)Nc2ccc3oc(C(=O)C4=CC5(C)C(=CC=C(O)C5CN5CCCC5)N4)cc3c2)no1. The first-order valence-electron chi connectivity index (χ1n) is 14.0. The van der Waals surface area contributed by atoms with Gasteiger partial charge < -0.3 is 29.6 Å². The molecule has 6 rings (SSSR count). The molecule has 2 atom stereocenters. The van der Waals surface area contributed by atoms with Gasteiger partial charge in [-0.15, -0.1) is 0 Å². The van der Waals surface area contributed by atoms with Crippen molar-refractivity contribution in [1.82, 2.24) is 15.4 Å². The number of anilines is 2. The Hall–Kier alpha value is -4.31. The molecule has 214 valence electrons. The molecule has 0 spiro atoms. The molecule has 1 saturated heterocycles. The summed E-state index contributed by atoms with van der Waals surface area (Å²) in [5.41, 5.74) is 1.61. The number of carbonyl (C=O) groups excluding carboxylic acids is 2. The number of furan rings is 1. The van der Waals surface area contributed by atoms with Crippen LogP contribution >= 0.6 is 0 Å². The number of nitrogens with zero attached hydrogens (tertiary/aromatic N) is 2. The summed E-state index contributed by atoms with van der Waals surface area (Å²) in [6, 6.07) is 8.06. The highest BCUT2D eigenvalue weighted by molar-refractivity contribution is 6.09. The summed E-state index contributed by atoms with van der Waals surface area (Å²) in [6.07, 6.45) is 7.83. The molecule has 1 aromatic carbocycles. The summed E-state index contributed by atoms with van der Waals surface area (Å²) in [5, 5.41) is 24.1. The number of rotatable bonds is 6. The Kier molecular flexibility index (Phi) is 6.53. The predicted octanol–water partition coefficient (Wildman–Crippen LogP) is 6.09. The number of aliphatic hydroxyl groups is 1. The van der Waals surface area contributed by atoms with Crippen molar-refractivity contribution >= 4 is 34.3 Å². The van der Waals surface area contributed by atoms with Gasteiger partial charge in [0.1, 0.15) is 11.3 Å². The summed E-state index contributed by atoms with van der Waals surface area (Å²) < 4.78 is 11.2. The zero-order chi connectivity index (χ0) is 28.9. The molecule has 0 bridgehead atoms. The highest BCUT2D eigenvalue weighted by Crippen LogP contribution is 2.47. The number of likely N-dealkylation sites (tertiary alicyclic amines) is 1. The number of hydrogen-bond acceptors (Lipinski definition) is 8. The van der Waals surface area contributed by atoms with Gasteiger partial charge in [-0.3, -0.25) is 10.1 Å². The van der Waals surface area contributed by atoms with E-state index in [0.29, 0.717) is 39.7 Å². The summed E-state index contributed by atoms with van der Waals surface area (Å²) in [4.78, 5) is 28.5. The molecule has 10 heteroatoms. The number of aromatic nitrogens is 1. The van der Waals surface area contributed by atoms with E-state index in [4.69, 9.17) is 8.94 Å². The van der Waals surface area contributed by atoms with Crippen LogP contribution in [0, 0.1) is 11.3 Å². The van der Waals surface area contributed by atoms with Gasteiger partial charge in [-0.05, 0) is 75.3 Å². The fraction of sp³-hybridized carbons (Fsp3) is 0.387. The Bertz CT molecular complexity index is 1610. The van der Waals surface area contributed by atoms with Crippen LogP contribution in [-0.2, 0) is 5.41 Å². The second-order valence-corrected chi connectivity index (χ2v) is 12.3. The van der Waals surface area contributed by atoms with Gasteiger partial charge in [-0.1, -0.05) is 25.9 Å². The van der Waals surface area contributed by atoms with Crippen LogP contribution in [0.2, 0.25) is 0 Å². The number of ketones is 1. The minimum Gasteiger partial charge on any atom is -0.512 e. The number of nitrogens with one attached hydrogen (secondary N) is 3. The van der Waals surface area contributed by atoms with Crippen LogP contribution < -0.4 is 16.0 Å². The first-order valence-corrected chi connectivity index (χ1v) is 14.0. The molecule has 10 nitrogen and oxygen atoms in total. The molecule has 0 saturated carbocycles. The average Bonchev–Trinajstić information content (AvgIpc) is 3.71. The van der Waals surface area contributed by atoms with Crippen LogP contribution in [0.15, 0.2) is 74.7 Å². The van der Waals surface area contributed by atoms with E-state index in [9.17, 15) is 14.7 Å². The number of fused-ring (bicyclic) bond motifs is 2. The Morgan fingerprint density at radius 1 is 1.15 bits per heavy atom. The highest BCUT2D eigenvalue weighted by atomic mass is 16.5. The lowest BCUT2D eigenvalue weighted by atomic mass is 9.71. The lowest BCUT2D eigenvalue weighted by molar-refractivity contribution is 0.100. The van der Waals surface area contributed by atoms with Crippen LogP contribution in [0.5, 0.6) is 0 Å². The molecular weight excluding hydrogens is 522 g/mol. The fourth-order valence-corrected chi connectivity index (χ4v) is 5.76. The van der Waals surface area contributed by atoms with Gasteiger partial charge in [-0.25, -0.2) is 4.79 Å². The van der Waals surface area contributed by atoms with Gasteiger partial charge >= 0.3 is 6.03 Å². The molecule has 2 amide bonds. The summed E-state index contributed by atoms with van der Waals surface area (Å²) in [6.45, 7) is 10.8. The summed E-state index contributed by atoms with van der Waals surface area (Å²) in [7, 11) is 0. The topological polar surface area (TPSA) is 133 Å². The Balaban J connectivity index is 1.17. The van der Waals surface area contributed by atoms with Gasteiger partial charge in [-0.2, -0.15) is 0 Å². The maximum absolute atomic E-state index is 13.5. The second kappa shape index (κ2) is 9.95. The van der Waals surface area contributed by atoms with Crippen LogP contribution in [-0.4, -0.2) is 46.6 Å². The Morgan fingerprint density at radius 2 is 1.93 bits per heavy atom. The monoisotopic (exact) mass is 557 g/mol. The van der Waals surface area contributed by atoms with Crippen molar-refractivity contribution in [3.63, 3.8) is 0 Å². The molecule has 4 N–H and O–H groups in total. The second-order valence-electron chi connectivity index (χ2n) is 12.3. The first-order chi connectivity index (χ1) is 19.5. The zero-order valence-electron chi connectivity index (χ0n) is 23.7. The van der Waals surface area contributed by atoms with Crippen molar-refractivity contribution in [1.29, 1.82) is 0 Å². The lowest BCUT2D eigenvalue weighted by Crippen LogP contribution is -2.39. The zero-order valence-corrected chi connectivity index (χ0v) is 23.7. The molecule has 2 aliphatic heterocycles. The van der Waals surface area contributed by atoms with Gasteiger partial charge in [0.05, 0.1) is 11.5 Å². The van der Waals surface area contributed by atoms with E-state index in [1.54, 1.807) is 36.4 Å². The maximum Gasteiger partial charge on any atom is 0.324 e. The Labute approximate surface area is 238 Å². The third-order valence-corrected chi connectivity index (χ3v) is 8.17. The van der Waals surface area contributed by atoms with E-state index in [1.807, 2.05) is 32.9 Å². The number of benzene rings is 1. The van der Waals surface area contributed by atoms with E-state index >= 15 is 0 Å². The van der Waals surface area contributed by atoms with Crippen molar-refractivity contribution in [2.45, 2.75) is 46.0 Å². The van der Waals surface area contributed by atoms with Gasteiger partial charge in [0.2, 0.25) is 5.78 Å². The van der Waals surface area contributed by atoms with E-state index < -0.39 is 11.4 Å². The molecular formula is C31H35N5O5. The normalized spacial score (nSPS) is 22.5. The number of aliphatic hydroxyl groups excluding tert-OH is 1. The van der Waals surface area contributed by atoms with E-state index in [0.717, 1.165) is 25.3 Å². The number of urea groups is 1. The van der Waals surface area contributed by atoms with Crippen molar-refractivity contribution in [2.24, 2.45) is 11.3 Å². The molecule has 2 unspecified atom stereocenters. The molecule has 2 aromatic heterocycles. The minimum atomic E-state index is -0.527. The van der Waals surface area contributed by atoms with Crippen LogP contribution in [0.3, 0.4) is 0 Å². The number of allylic oxidation sites excluding steroid dienone is 4. The maximum atomic E-state index is 13.5. The fourth-order valence-electron chi connectivity index (χ4n) is 5.76. The van der Waals surface area contributed by atoms with Gasteiger partial charge in [0.25, 0.3) is 0 Å². The minimum absolute atomic E-state index is 0.147. The van der Waals surface area contributed by atoms with Crippen molar-refractivity contribution in [2.75, 3.05) is 30.3 Å². The molecule has 41 heavy (non-hydrogen) atoms. The molecule has 0 radical (unpaired) electrons. The third-order valence-electron chi connectivity index (χ3n) is 8.17. The number of hydrogen-bond donors (Lipinski definition) is 4.